The number of ether oxygens (including phenoxy) is 3. The zero-order valence-corrected chi connectivity index (χ0v) is 8.53. The predicted molar refractivity (Wildman–Crippen MR) is 51.6 cm³/mol. The van der Waals surface area contributed by atoms with E-state index in [4.69, 9.17) is 19.3 Å². The maximum Gasteiger partial charge on any atom is 0.167 e. The molecule has 1 N–H and O–H groups in total. The van der Waals surface area contributed by atoms with Gasteiger partial charge in [-0.25, -0.2) is 0 Å². The van der Waals surface area contributed by atoms with Crippen molar-refractivity contribution in [2.45, 2.75) is 12.5 Å². The van der Waals surface area contributed by atoms with Crippen molar-refractivity contribution >= 4 is 0 Å². The monoisotopic (exact) mass is 200 g/mol. The average molecular weight is 200 g/mol. The van der Waals surface area contributed by atoms with Crippen molar-refractivity contribution in [3.63, 3.8) is 0 Å². The van der Waals surface area contributed by atoms with Crippen LogP contribution in [0.15, 0.2) is 23.7 Å². The van der Waals surface area contributed by atoms with Crippen molar-refractivity contribution in [2.24, 2.45) is 0 Å². The molecule has 1 aliphatic rings. The summed E-state index contributed by atoms with van der Waals surface area (Å²) in [5, 5.41) is 8.67. The quantitative estimate of drug-likeness (QED) is 0.714. The highest BCUT2D eigenvalue weighted by Crippen LogP contribution is 2.23. The molecule has 0 bridgehead atoms. The van der Waals surface area contributed by atoms with Gasteiger partial charge in [0.05, 0.1) is 13.7 Å². The standard InChI is InChI=1S/C10H16O4/c1-12-8-4-3-5-9(13-2)10(8)14-7-6-11/h3-4,9,11H,5-7H2,1-2H3. The minimum atomic E-state index is -0.110. The van der Waals surface area contributed by atoms with Crippen molar-refractivity contribution in [1.82, 2.24) is 0 Å². The van der Waals surface area contributed by atoms with Gasteiger partial charge >= 0.3 is 0 Å². The summed E-state index contributed by atoms with van der Waals surface area (Å²) in [7, 11) is 3.21. The Kier molecular flexibility index (Phi) is 4.49. The van der Waals surface area contributed by atoms with Gasteiger partial charge in [-0.05, 0) is 12.5 Å². The normalized spacial score (nSPS) is 21.2. The first-order valence-electron chi connectivity index (χ1n) is 4.54. The summed E-state index contributed by atoms with van der Waals surface area (Å²) in [6.45, 7) is 0.247. The zero-order valence-electron chi connectivity index (χ0n) is 8.53. The van der Waals surface area contributed by atoms with Gasteiger partial charge in [0.25, 0.3) is 0 Å². The van der Waals surface area contributed by atoms with Gasteiger partial charge in [-0.15, -0.1) is 0 Å². The molecule has 4 nitrogen and oxygen atoms in total. The lowest BCUT2D eigenvalue weighted by atomic mass is 10.1. The van der Waals surface area contributed by atoms with Crippen LogP contribution in [-0.2, 0) is 14.2 Å². The molecule has 0 aliphatic heterocycles. The Morgan fingerprint density at radius 2 is 2.29 bits per heavy atom. The van der Waals surface area contributed by atoms with E-state index in [1.807, 2.05) is 12.2 Å². The van der Waals surface area contributed by atoms with Crippen LogP contribution in [0.5, 0.6) is 0 Å². The Bertz CT molecular complexity index is 232. The van der Waals surface area contributed by atoms with E-state index < -0.39 is 0 Å². The van der Waals surface area contributed by atoms with Crippen LogP contribution in [0.2, 0.25) is 0 Å². The Hall–Kier alpha value is -1.00. The summed E-state index contributed by atoms with van der Waals surface area (Å²) < 4.78 is 15.7. The maximum absolute atomic E-state index is 8.67. The second-order valence-electron chi connectivity index (χ2n) is 2.87. The lowest BCUT2D eigenvalue weighted by Gasteiger charge is -2.23. The van der Waals surface area contributed by atoms with Crippen molar-refractivity contribution in [3.05, 3.63) is 23.7 Å². The molecule has 80 valence electrons. The minimum absolute atomic E-state index is 0.0133. The fraction of sp³-hybridized carbons (Fsp3) is 0.600. The molecule has 0 spiro atoms. The van der Waals surface area contributed by atoms with Crippen LogP contribution in [0, 0.1) is 0 Å². The highest BCUT2D eigenvalue weighted by molar-refractivity contribution is 5.24. The number of hydrogen-bond donors (Lipinski definition) is 1. The van der Waals surface area contributed by atoms with Crippen molar-refractivity contribution in [2.75, 3.05) is 27.4 Å². The molecule has 1 atom stereocenters. The van der Waals surface area contributed by atoms with Crippen LogP contribution in [0.25, 0.3) is 0 Å². The topological polar surface area (TPSA) is 47.9 Å². The van der Waals surface area contributed by atoms with E-state index in [-0.39, 0.29) is 19.3 Å². The van der Waals surface area contributed by atoms with Gasteiger partial charge < -0.3 is 19.3 Å². The molecule has 0 saturated carbocycles. The molecule has 0 aromatic heterocycles. The van der Waals surface area contributed by atoms with Crippen molar-refractivity contribution < 1.29 is 19.3 Å². The summed E-state index contributed by atoms with van der Waals surface area (Å²) >= 11 is 0. The largest absolute Gasteiger partial charge is 0.493 e. The van der Waals surface area contributed by atoms with Crippen LogP contribution in [0.4, 0.5) is 0 Å². The molecule has 0 amide bonds. The molecule has 14 heavy (non-hydrogen) atoms. The molecule has 0 heterocycles. The highest BCUT2D eigenvalue weighted by Gasteiger charge is 2.21. The van der Waals surface area contributed by atoms with E-state index in [9.17, 15) is 0 Å². The van der Waals surface area contributed by atoms with Crippen LogP contribution in [0.3, 0.4) is 0 Å². The summed E-state index contributed by atoms with van der Waals surface area (Å²) in [4.78, 5) is 0. The van der Waals surface area contributed by atoms with Crippen molar-refractivity contribution in [1.29, 1.82) is 0 Å². The Balaban J connectivity index is 2.74. The summed E-state index contributed by atoms with van der Waals surface area (Å²) in [6.07, 6.45) is 4.48. The first-order chi connectivity index (χ1) is 6.83. The summed E-state index contributed by atoms with van der Waals surface area (Å²) in [5.41, 5.74) is 0. The van der Waals surface area contributed by atoms with E-state index in [1.54, 1.807) is 14.2 Å². The van der Waals surface area contributed by atoms with Gasteiger partial charge in [-0.2, -0.15) is 0 Å². The Morgan fingerprint density at radius 3 is 2.86 bits per heavy atom. The molecular formula is C10H16O4. The molecule has 0 radical (unpaired) electrons. The van der Waals surface area contributed by atoms with Crippen molar-refractivity contribution in [3.8, 4) is 0 Å². The minimum Gasteiger partial charge on any atom is -0.493 e. The number of allylic oxidation sites excluding steroid dienone is 1. The molecular weight excluding hydrogens is 184 g/mol. The van der Waals surface area contributed by atoms with Gasteiger partial charge in [-0.3, -0.25) is 0 Å². The van der Waals surface area contributed by atoms with E-state index in [0.29, 0.717) is 11.5 Å². The molecule has 4 heteroatoms. The molecule has 1 unspecified atom stereocenters. The van der Waals surface area contributed by atoms with Crippen LogP contribution in [-0.4, -0.2) is 38.6 Å². The third kappa shape index (κ3) is 2.49. The second-order valence-corrected chi connectivity index (χ2v) is 2.87. The van der Waals surface area contributed by atoms with Gasteiger partial charge in [0, 0.05) is 7.11 Å². The summed E-state index contributed by atoms with van der Waals surface area (Å²) in [6, 6.07) is 0. The molecule has 0 aromatic rings. The first kappa shape index (κ1) is 11.1. The number of aliphatic hydroxyl groups excluding tert-OH is 1. The maximum atomic E-state index is 8.67. The predicted octanol–water partition coefficient (Wildman–Crippen LogP) is 0.828. The smallest absolute Gasteiger partial charge is 0.167 e. The lowest BCUT2D eigenvalue weighted by Crippen LogP contribution is -2.21. The van der Waals surface area contributed by atoms with Crippen LogP contribution in [0.1, 0.15) is 6.42 Å². The van der Waals surface area contributed by atoms with Gasteiger partial charge in [0.15, 0.2) is 11.5 Å². The van der Waals surface area contributed by atoms with E-state index in [1.165, 1.54) is 0 Å². The van der Waals surface area contributed by atoms with Crippen LogP contribution < -0.4 is 0 Å². The molecule has 1 aliphatic carbocycles. The molecule has 0 saturated heterocycles. The van der Waals surface area contributed by atoms with E-state index in [2.05, 4.69) is 0 Å². The molecule has 1 rings (SSSR count). The SMILES string of the molecule is COC1=C(OCCO)C(OC)CC=C1. The van der Waals surface area contributed by atoms with Gasteiger partial charge in [0.1, 0.15) is 12.7 Å². The fourth-order valence-corrected chi connectivity index (χ4v) is 1.34. The highest BCUT2D eigenvalue weighted by atomic mass is 16.5. The summed E-state index contributed by atoms with van der Waals surface area (Å²) in [5.74, 6) is 1.32. The van der Waals surface area contributed by atoms with E-state index in [0.717, 1.165) is 6.42 Å². The number of rotatable bonds is 5. The Morgan fingerprint density at radius 1 is 1.50 bits per heavy atom. The average Bonchev–Trinajstić information content (AvgIpc) is 2.25. The van der Waals surface area contributed by atoms with Gasteiger partial charge in [0.2, 0.25) is 0 Å². The van der Waals surface area contributed by atoms with E-state index >= 15 is 0 Å². The zero-order chi connectivity index (χ0) is 10.4. The fourth-order valence-electron chi connectivity index (χ4n) is 1.34. The van der Waals surface area contributed by atoms with Gasteiger partial charge in [-0.1, -0.05) is 6.08 Å². The Labute approximate surface area is 83.8 Å². The third-order valence-electron chi connectivity index (χ3n) is 2.01. The lowest BCUT2D eigenvalue weighted by molar-refractivity contribution is 0.0402. The first-order valence-corrected chi connectivity index (χ1v) is 4.54. The third-order valence-corrected chi connectivity index (χ3v) is 2.01. The number of aliphatic hydroxyl groups is 1. The van der Waals surface area contributed by atoms with Crippen LogP contribution >= 0.6 is 0 Å². The second kappa shape index (κ2) is 5.67. The number of hydrogen-bond acceptors (Lipinski definition) is 4. The number of methoxy groups -OCH3 is 2. The molecule has 0 aromatic carbocycles. The molecule has 0 fully saturated rings.